The van der Waals surface area contributed by atoms with Crippen LogP contribution in [0.4, 0.5) is 4.39 Å². The number of aliphatic carboxylic acids is 1. The summed E-state index contributed by atoms with van der Waals surface area (Å²) in [6.07, 6.45) is 0. The molecule has 0 aliphatic heterocycles. The van der Waals surface area contributed by atoms with Crippen LogP contribution in [0.3, 0.4) is 0 Å². The van der Waals surface area contributed by atoms with Gasteiger partial charge in [0.15, 0.2) is 11.6 Å². The fraction of sp³-hybridized carbons (Fsp3) is 0.0714. The second-order valence-corrected chi connectivity index (χ2v) is 3.92. The zero-order valence-electron chi connectivity index (χ0n) is 9.92. The van der Waals surface area contributed by atoms with Gasteiger partial charge in [-0.3, -0.25) is 4.79 Å². The maximum Gasteiger partial charge on any atom is 0.325 e. The van der Waals surface area contributed by atoms with Gasteiger partial charge in [-0.15, -0.1) is 0 Å². The molecule has 0 saturated heterocycles. The minimum absolute atomic E-state index is 0.0552. The molecule has 0 saturated carbocycles. The standard InChI is InChI=1S/C14H12FNO3/c15-11-7-6-9(13(16)14(17)18)8-12(11)19-10-4-2-1-3-5-10/h1-8,13H,16H2,(H,17,18)/t13-/m1/s1. The summed E-state index contributed by atoms with van der Waals surface area (Å²) < 4.78 is 19.0. The molecule has 3 N–H and O–H groups in total. The number of nitrogens with two attached hydrogens (primary N) is 1. The molecular weight excluding hydrogens is 249 g/mol. The van der Waals surface area contributed by atoms with Crippen molar-refractivity contribution in [2.75, 3.05) is 0 Å². The normalized spacial score (nSPS) is 11.9. The van der Waals surface area contributed by atoms with Crippen LogP contribution in [0.1, 0.15) is 11.6 Å². The first kappa shape index (κ1) is 13.0. The predicted molar refractivity (Wildman–Crippen MR) is 67.5 cm³/mol. The SMILES string of the molecule is N[C@@H](C(=O)O)c1ccc(F)c(Oc2ccccc2)c1. The summed E-state index contributed by atoms with van der Waals surface area (Å²) in [6, 6.07) is 11.2. The van der Waals surface area contributed by atoms with Crippen molar-refractivity contribution in [3.8, 4) is 11.5 Å². The van der Waals surface area contributed by atoms with Crippen molar-refractivity contribution in [3.63, 3.8) is 0 Å². The third-order valence-corrected chi connectivity index (χ3v) is 2.55. The van der Waals surface area contributed by atoms with E-state index >= 15 is 0 Å². The van der Waals surface area contributed by atoms with Gasteiger partial charge in [0.05, 0.1) is 0 Å². The van der Waals surface area contributed by atoms with Crippen LogP contribution in [0.25, 0.3) is 0 Å². The van der Waals surface area contributed by atoms with E-state index in [1.807, 2.05) is 0 Å². The summed E-state index contributed by atoms with van der Waals surface area (Å²) in [5.74, 6) is -1.36. The molecule has 0 fully saturated rings. The summed E-state index contributed by atoms with van der Waals surface area (Å²) in [5, 5.41) is 8.83. The lowest BCUT2D eigenvalue weighted by atomic mass is 10.1. The van der Waals surface area contributed by atoms with Gasteiger partial charge >= 0.3 is 5.97 Å². The van der Waals surface area contributed by atoms with Gasteiger partial charge in [-0.25, -0.2) is 4.39 Å². The molecule has 0 heterocycles. The van der Waals surface area contributed by atoms with Crippen LogP contribution >= 0.6 is 0 Å². The zero-order valence-corrected chi connectivity index (χ0v) is 9.92. The van der Waals surface area contributed by atoms with E-state index in [0.717, 1.165) is 6.07 Å². The summed E-state index contributed by atoms with van der Waals surface area (Å²) in [4.78, 5) is 10.8. The molecule has 2 aromatic rings. The molecule has 2 aromatic carbocycles. The Bertz CT molecular complexity index is 586. The molecule has 2 rings (SSSR count). The van der Waals surface area contributed by atoms with Crippen molar-refractivity contribution >= 4 is 5.97 Å². The minimum Gasteiger partial charge on any atom is -0.480 e. The highest BCUT2D eigenvalue weighted by Gasteiger charge is 2.16. The van der Waals surface area contributed by atoms with E-state index in [0.29, 0.717) is 5.75 Å². The van der Waals surface area contributed by atoms with Gasteiger partial charge in [-0.2, -0.15) is 0 Å². The lowest BCUT2D eigenvalue weighted by molar-refractivity contribution is -0.138. The average Bonchev–Trinajstić information content (AvgIpc) is 2.41. The Balaban J connectivity index is 2.30. The molecule has 0 aromatic heterocycles. The second kappa shape index (κ2) is 5.49. The Labute approximate surface area is 109 Å². The Hall–Kier alpha value is -2.40. The number of carboxylic acid groups (broad SMARTS) is 1. The largest absolute Gasteiger partial charge is 0.480 e. The topological polar surface area (TPSA) is 72.6 Å². The van der Waals surface area contributed by atoms with Gasteiger partial charge in [-0.1, -0.05) is 24.3 Å². The second-order valence-electron chi connectivity index (χ2n) is 3.92. The fourth-order valence-electron chi connectivity index (χ4n) is 1.55. The number of hydrogen-bond acceptors (Lipinski definition) is 3. The summed E-state index contributed by atoms with van der Waals surface area (Å²) in [6.45, 7) is 0. The quantitative estimate of drug-likeness (QED) is 0.887. The number of para-hydroxylation sites is 1. The number of ether oxygens (including phenoxy) is 1. The van der Waals surface area contributed by atoms with E-state index in [1.165, 1.54) is 12.1 Å². The lowest BCUT2D eigenvalue weighted by Gasteiger charge is -2.11. The number of rotatable bonds is 4. The van der Waals surface area contributed by atoms with Crippen molar-refractivity contribution in [3.05, 3.63) is 59.9 Å². The van der Waals surface area contributed by atoms with Crippen molar-refractivity contribution in [1.82, 2.24) is 0 Å². The Morgan fingerprint density at radius 2 is 1.89 bits per heavy atom. The summed E-state index contributed by atoms with van der Waals surface area (Å²) in [7, 11) is 0. The van der Waals surface area contributed by atoms with Crippen LogP contribution < -0.4 is 10.5 Å². The monoisotopic (exact) mass is 261 g/mol. The molecule has 1 atom stereocenters. The zero-order chi connectivity index (χ0) is 13.8. The van der Waals surface area contributed by atoms with Crippen LogP contribution in [0.2, 0.25) is 0 Å². The smallest absolute Gasteiger partial charge is 0.325 e. The van der Waals surface area contributed by atoms with Crippen molar-refractivity contribution in [1.29, 1.82) is 0 Å². The van der Waals surface area contributed by atoms with Crippen LogP contribution in [0.15, 0.2) is 48.5 Å². The number of halogens is 1. The Morgan fingerprint density at radius 1 is 1.21 bits per heavy atom. The molecule has 0 unspecified atom stereocenters. The maximum absolute atomic E-state index is 13.6. The van der Waals surface area contributed by atoms with Crippen molar-refractivity contribution < 1.29 is 19.0 Å². The number of benzene rings is 2. The molecule has 0 aliphatic rings. The first-order valence-electron chi connectivity index (χ1n) is 5.58. The Kier molecular flexibility index (Phi) is 3.77. The molecule has 5 heteroatoms. The first-order chi connectivity index (χ1) is 9.08. The van der Waals surface area contributed by atoms with E-state index in [1.54, 1.807) is 30.3 Å². The minimum atomic E-state index is -1.21. The maximum atomic E-state index is 13.6. The van der Waals surface area contributed by atoms with Gasteiger partial charge < -0.3 is 15.6 Å². The predicted octanol–water partition coefficient (Wildman–Crippen LogP) is 2.70. The van der Waals surface area contributed by atoms with Crippen LogP contribution in [-0.2, 0) is 4.79 Å². The number of hydrogen-bond donors (Lipinski definition) is 2. The summed E-state index contributed by atoms with van der Waals surface area (Å²) in [5.41, 5.74) is 5.75. The van der Waals surface area contributed by atoms with E-state index in [4.69, 9.17) is 15.6 Å². The third kappa shape index (κ3) is 3.08. The molecule has 98 valence electrons. The molecule has 0 spiro atoms. The van der Waals surface area contributed by atoms with Crippen molar-refractivity contribution in [2.45, 2.75) is 6.04 Å². The molecule has 0 bridgehead atoms. The van der Waals surface area contributed by atoms with E-state index in [9.17, 15) is 9.18 Å². The highest BCUT2D eigenvalue weighted by molar-refractivity contribution is 5.75. The summed E-state index contributed by atoms with van der Waals surface area (Å²) >= 11 is 0. The highest BCUT2D eigenvalue weighted by Crippen LogP contribution is 2.27. The molecule has 4 nitrogen and oxygen atoms in total. The fourth-order valence-corrected chi connectivity index (χ4v) is 1.55. The van der Waals surface area contributed by atoms with E-state index in [-0.39, 0.29) is 11.3 Å². The van der Waals surface area contributed by atoms with E-state index < -0.39 is 17.8 Å². The van der Waals surface area contributed by atoms with Crippen LogP contribution in [-0.4, -0.2) is 11.1 Å². The molecule has 0 radical (unpaired) electrons. The average molecular weight is 261 g/mol. The highest BCUT2D eigenvalue weighted by atomic mass is 19.1. The third-order valence-electron chi connectivity index (χ3n) is 2.55. The van der Waals surface area contributed by atoms with E-state index in [2.05, 4.69) is 0 Å². The molecule has 0 amide bonds. The van der Waals surface area contributed by atoms with Gasteiger partial charge in [0.2, 0.25) is 0 Å². The first-order valence-corrected chi connectivity index (χ1v) is 5.58. The molecule has 19 heavy (non-hydrogen) atoms. The van der Waals surface area contributed by atoms with Gasteiger partial charge in [0.1, 0.15) is 11.8 Å². The lowest BCUT2D eigenvalue weighted by Crippen LogP contribution is -2.20. The molecule has 0 aliphatic carbocycles. The van der Waals surface area contributed by atoms with Gasteiger partial charge in [0, 0.05) is 0 Å². The Morgan fingerprint density at radius 3 is 2.53 bits per heavy atom. The number of carboxylic acids is 1. The molecular formula is C14H12FNO3. The number of carbonyl (C=O) groups is 1. The van der Waals surface area contributed by atoms with Gasteiger partial charge in [0.25, 0.3) is 0 Å². The van der Waals surface area contributed by atoms with Gasteiger partial charge in [-0.05, 0) is 29.8 Å². The van der Waals surface area contributed by atoms with Crippen molar-refractivity contribution in [2.24, 2.45) is 5.73 Å². The van der Waals surface area contributed by atoms with Crippen LogP contribution in [0.5, 0.6) is 11.5 Å². The van der Waals surface area contributed by atoms with Crippen LogP contribution in [0, 0.1) is 5.82 Å².